The molecule has 0 unspecified atom stereocenters. The van der Waals surface area contributed by atoms with Gasteiger partial charge < -0.3 is 14.5 Å². The van der Waals surface area contributed by atoms with Gasteiger partial charge >= 0.3 is 0 Å². The van der Waals surface area contributed by atoms with E-state index >= 15 is 0 Å². The van der Waals surface area contributed by atoms with Gasteiger partial charge in [-0.15, -0.1) is 0 Å². The van der Waals surface area contributed by atoms with Gasteiger partial charge in [0, 0.05) is 37.6 Å². The molecule has 5 nitrogen and oxygen atoms in total. The fraction of sp³-hybridized carbons (Fsp3) is 0.400. The van der Waals surface area contributed by atoms with Crippen LogP contribution in [-0.2, 0) is 11.3 Å². The summed E-state index contributed by atoms with van der Waals surface area (Å²) >= 11 is 0. The molecule has 1 aliphatic rings. The molecule has 0 atom stereocenters. The highest BCUT2D eigenvalue weighted by atomic mass is 16.5. The van der Waals surface area contributed by atoms with E-state index in [4.69, 9.17) is 4.74 Å². The summed E-state index contributed by atoms with van der Waals surface area (Å²) in [5.74, 6) is -0.0198. The number of amides is 1. The second kappa shape index (κ2) is 8.12. The number of benzene rings is 1. The van der Waals surface area contributed by atoms with Crippen LogP contribution >= 0.6 is 0 Å². The quantitative estimate of drug-likeness (QED) is 0.840. The van der Waals surface area contributed by atoms with E-state index in [0.29, 0.717) is 38.0 Å². The van der Waals surface area contributed by atoms with Crippen molar-refractivity contribution in [2.75, 3.05) is 31.2 Å². The van der Waals surface area contributed by atoms with Gasteiger partial charge in [-0.1, -0.05) is 30.3 Å². The number of nitrogens with zero attached hydrogens (tertiary/aromatic N) is 3. The Labute approximate surface area is 149 Å². The maximum absolute atomic E-state index is 12.7. The molecule has 5 heteroatoms. The molecule has 3 rings (SSSR count). The number of morpholine rings is 1. The number of carbonyl (C=O) groups excluding carboxylic acids is 1. The zero-order valence-electron chi connectivity index (χ0n) is 14.9. The first-order valence-electron chi connectivity index (χ1n) is 8.79. The Morgan fingerprint density at radius 2 is 1.92 bits per heavy atom. The average Bonchev–Trinajstić information content (AvgIpc) is 2.67. The number of hydrogen-bond acceptors (Lipinski definition) is 4. The number of rotatable bonds is 5. The van der Waals surface area contributed by atoms with Gasteiger partial charge in [0.05, 0.1) is 13.2 Å². The third-order valence-electron chi connectivity index (χ3n) is 4.41. The Morgan fingerprint density at radius 1 is 1.20 bits per heavy atom. The molecular weight excluding hydrogens is 314 g/mol. The van der Waals surface area contributed by atoms with E-state index in [-0.39, 0.29) is 5.91 Å². The van der Waals surface area contributed by atoms with Crippen LogP contribution < -0.4 is 4.90 Å². The summed E-state index contributed by atoms with van der Waals surface area (Å²) in [7, 11) is 0. The minimum absolute atomic E-state index is 0.0198. The highest BCUT2D eigenvalue weighted by Crippen LogP contribution is 2.21. The van der Waals surface area contributed by atoms with Gasteiger partial charge in [-0.05, 0) is 31.5 Å². The number of carbonyl (C=O) groups is 1. The molecule has 132 valence electrons. The van der Waals surface area contributed by atoms with Crippen LogP contribution in [0.25, 0.3) is 0 Å². The van der Waals surface area contributed by atoms with Crippen LogP contribution in [0.15, 0.2) is 48.7 Å². The molecule has 0 spiro atoms. The minimum atomic E-state index is -0.0198. The van der Waals surface area contributed by atoms with E-state index in [1.807, 2.05) is 35.2 Å². The third kappa shape index (κ3) is 4.37. The van der Waals surface area contributed by atoms with Crippen LogP contribution in [0.1, 0.15) is 29.9 Å². The fourth-order valence-corrected chi connectivity index (χ4v) is 3.00. The summed E-state index contributed by atoms with van der Waals surface area (Å²) in [5.41, 5.74) is 2.76. The van der Waals surface area contributed by atoms with Crippen molar-refractivity contribution in [2.24, 2.45) is 0 Å². The summed E-state index contributed by atoms with van der Waals surface area (Å²) in [5, 5.41) is 0. The van der Waals surface area contributed by atoms with Gasteiger partial charge in [0.1, 0.15) is 5.69 Å². The van der Waals surface area contributed by atoms with Crippen LogP contribution in [0, 0.1) is 0 Å². The molecule has 1 aromatic carbocycles. The number of hydrogen-bond donors (Lipinski definition) is 0. The summed E-state index contributed by atoms with van der Waals surface area (Å²) in [6.45, 7) is 7.56. The highest BCUT2D eigenvalue weighted by Gasteiger charge is 2.21. The molecule has 0 bridgehead atoms. The van der Waals surface area contributed by atoms with E-state index in [0.717, 1.165) is 12.2 Å². The molecule has 1 amide bonds. The molecule has 0 radical (unpaired) electrons. The van der Waals surface area contributed by atoms with Crippen LogP contribution in [0.4, 0.5) is 5.69 Å². The van der Waals surface area contributed by atoms with E-state index in [9.17, 15) is 4.79 Å². The summed E-state index contributed by atoms with van der Waals surface area (Å²) in [4.78, 5) is 21.1. The van der Waals surface area contributed by atoms with Gasteiger partial charge in [-0.25, -0.2) is 0 Å². The van der Waals surface area contributed by atoms with Crippen LogP contribution in [0.5, 0.6) is 0 Å². The first-order valence-corrected chi connectivity index (χ1v) is 8.79. The number of ether oxygens (including phenoxy) is 1. The molecule has 2 aromatic rings. The lowest BCUT2D eigenvalue weighted by molar-refractivity contribution is 0.0299. The van der Waals surface area contributed by atoms with Crippen LogP contribution in [0.2, 0.25) is 0 Å². The summed E-state index contributed by atoms with van der Waals surface area (Å²) in [6, 6.07) is 14.6. The van der Waals surface area contributed by atoms with E-state index in [2.05, 4.69) is 35.9 Å². The molecule has 0 aliphatic carbocycles. The monoisotopic (exact) mass is 339 g/mol. The Bertz CT molecular complexity index is 697. The summed E-state index contributed by atoms with van der Waals surface area (Å²) < 4.78 is 5.32. The van der Waals surface area contributed by atoms with Crippen LogP contribution in [-0.4, -0.2) is 48.1 Å². The van der Waals surface area contributed by atoms with Crippen molar-refractivity contribution in [2.45, 2.75) is 26.4 Å². The van der Waals surface area contributed by atoms with Crippen LogP contribution in [0.3, 0.4) is 0 Å². The number of pyridine rings is 1. The second-order valence-electron chi connectivity index (χ2n) is 6.51. The second-order valence-corrected chi connectivity index (χ2v) is 6.51. The molecule has 25 heavy (non-hydrogen) atoms. The van der Waals surface area contributed by atoms with Gasteiger partial charge in [-0.2, -0.15) is 0 Å². The lowest BCUT2D eigenvalue weighted by atomic mass is 10.1. The van der Waals surface area contributed by atoms with Crippen molar-refractivity contribution >= 4 is 11.6 Å². The van der Waals surface area contributed by atoms with Gasteiger partial charge in [-0.3, -0.25) is 9.78 Å². The van der Waals surface area contributed by atoms with Gasteiger partial charge in [0.25, 0.3) is 5.91 Å². The van der Waals surface area contributed by atoms with E-state index in [1.54, 1.807) is 6.20 Å². The standard InChI is InChI=1S/C20H25N3O2/c1-16(2)23(15-17-6-4-3-5-7-17)18-8-9-21-19(14-18)20(24)22-10-12-25-13-11-22/h3-9,14,16H,10-13,15H2,1-2H3. The molecule has 0 N–H and O–H groups in total. The van der Waals surface area contributed by atoms with Crippen molar-refractivity contribution in [3.8, 4) is 0 Å². The largest absolute Gasteiger partial charge is 0.378 e. The molecule has 2 heterocycles. The maximum atomic E-state index is 12.7. The zero-order chi connectivity index (χ0) is 17.6. The van der Waals surface area contributed by atoms with Crippen molar-refractivity contribution in [3.63, 3.8) is 0 Å². The first kappa shape index (κ1) is 17.4. The van der Waals surface area contributed by atoms with Crippen molar-refractivity contribution < 1.29 is 9.53 Å². The molecule has 1 saturated heterocycles. The fourth-order valence-electron chi connectivity index (χ4n) is 3.00. The maximum Gasteiger partial charge on any atom is 0.272 e. The van der Waals surface area contributed by atoms with E-state index < -0.39 is 0 Å². The zero-order valence-corrected chi connectivity index (χ0v) is 14.9. The normalized spacial score (nSPS) is 14.6. The molecule has 1 aromatic heterocycles. The lowest BCUT2D eigenvalue weighted by Crippen LogP contribution is -2.41. The minimum Gasteiger partial charge on any atom is -0.378 e. The number of anilines is 1. The van der Waals surface area contributed by atoms with Gasteiger partial charge in [0.2, 0.25) is 0 Å². The summed E-state index contributed by atoms with van der Waals surface area (Å²) in [6.07, 6.45) is 1.73. The van der Waals surface area contributed by atoms with E-state index in [1.165, 1.54) is 5.56 Å². The molecule has 1 fully saturated rings. The average molecular weight is 339 g/mol. The van der Waals surface area contributed by atoms with Crippen molar-refractivity contribution in [1.82, 2.24) is 9.88 Å². The van der Waals surface area contributed by atoms with Gasteiger partial charge in [0.15, 0.2) is 0 Å². The molecule has 1 aliphatic heterocycles. The molecule has 0 saturated carbocycles. The predicted octanol–water partition coefficient (Wildman–Crippen LogP) is 2.97. The molecular formula is C20H25N3O2. The topological polar surface area (TPSA) is 45.7 Å². The first-order chi connectivity index (χ1) is 12.1. The highest BCUT2D eigenvalue weighted by molar-refractivity contribution is 5.93. The SMILES string of the molecule is CC(C)N(Cc1ccccc1)c1ccnc(C(=O)N2CCOCC2)c1. The Morgan fingerprint density at radius 3 is 2.60 bits per heavy atom. The Kier molecular flexibility index (Phi) is 5.66. The lowest BCUT2D eigenvalue weighted by Gasteiger charge is -2.30. The Balaban J connectivity index is 1.81. The number of aromatic nitrogens is 1. The van der Waals surface area contributed by atoms with Crippen molar-refractivity contribution in [1.29, 1.82) is 0 Å². The smallest absolute Gasteiger partial charge is 0.272 e. The Hall–Kier alpha value is -2.40. The predicted molar refractivity (Wildman–Crippen MR) is 98.7 cm³/mol. The van der Waals surface area contributed by atoms with Crippen molar-refractivity contribution in [3.05, 3.63) is 59.9 Å². The third-order valence-corrected chi connectivity index (χ3v) is 4.41.